The summed E-state index contributed by atoms with van der Waals surface area (Å²) in [5, 5.41) is 2.80. The molecule has 2 atom stereocenters. The van der Waals surface area contributed by atoms with Crippen molar-refractivity contribution in [2.45, 2.75) is 19.1 Å². The highest BCUT2D eigenvalue weighted by molar-refractivity contribution is 5.82. The zero-order valence-corrected chi connectivity index (χ0v) is 15.2. The molecule has 0 bridgehead atoms. The Hall–Kier alpha value is -3.13. The van der Waals surface area contributed by atoms with Gasteiger partial charge in [-0.2, -0.15) is 0 Å². The molecule has 5 heteroatoms. The van der Waals surface area contributed by atoms with E-state index in [0.29, 0.717) is 11.5 Å². The Morgan fingerprint density at radius 1 is 1.08 bits per heavy atom. The van der Waals surface area contributed by atoms with Crippen molar-refractivity contribution in [3.63, 3.8) is 0 Å². The summed E-state index contributed by atoms with van der Waals surface area (Å²) < 4.78 is 11.5. The summed E-state index contributed by atoms with van der Waals surface area (Å²) in [5.41, 5.74) is 1.96. The number of amides is 1. The quantitative estimate of drug-likeness (QED) is 0.864. The number of hydrogen-bond acceptors (Lipinski definition) is 4. The number of carbonyl (C=O) groups excluding carboxylic acids is 1. The van der Waals surface area contributed by atoms with E-state index in [1.54, 1.807) is 6.07 Å². The smallest absolute Gasteiger partial charge is 0.265 e. The van der Waals surface area contributed by atoms with Gasteiger partial charge in [-0.3, -0.25) is 4.79 Å². The van der Waals surface area contributed by atoms with E-state index in [1.165, 1.54) is 0 Å². The SMILES string of the molecule is CC1Oc2ccccc2OC1C(=O)NCC#Cc1ccccc1N(C)C. The van der Waals surface area contributed by atoms with Crippen LogP contribution in [-0.2, 0) is 4.79 Å². The van der Waals surface area contributed by atoms with Crippen molar-refractivity contribution in [3.8, 4) is 23.3 Å². The summed E-state index contributed by atoms with van der Waals surface area (Å²) in [6.07, 6.45) is -1.06. The van der Waals surface area contributed by atoms with E-state index in [9.17, 15) is 4.79 Å². The van der Waals surface area contributed by atoms with Crippen LogP contribution in [-0.4, -0.2) is 38.8 Å². The Balaban J connectivity index is 1.61. The number of nitrogens with one attached hydrogen (secondary N) is 1. The third-order valence-corrected chi connectivity index (χ3v) is 4.06. The average Bonchev–Trinajstić information content (AvgIpc) is 2.64. The van der Waals surface area contributed by atoms with Crippen molar-refractivity contribution in [2.24, 2.45) is 0 Å². The predicted molar refractivity (Wildman–Crippen MR) is 102 cm³/mol. The zero-order chi connectivity index (χ0) is 18.5. The van der Waals surface area contributed by atoms with Crippen LogP contribution in [0, 0.1) is 11.8 Å². The van der Waals surface area contributed by atoms with Crippen LogP contribution in [0.1, 0.15) is 12.5 Å². The number of carbonyl (C=O) groups is 1. The summed E-state index contributed by atoms with van der Waals surface area (Å²) in [7, 11) is 3.95. The van der Waals surface area contributed by atoms with Gasteiger partial charge in [0.05, 0.1) is 12.2 Å². The Kier molecular flexibility index (Phi) is 5.33. The van der Waals surface area contributed by atoms with Gasteiger partial charge in [-0.1, -0.05) is 36.1 Å². The van der Waals surface area contributed by atoms with Gasteiger partial charge in [-0.25, -0.2) is 0 Å². The Morgan fingerprint density at radius 3 is 2.46 bits per heavy atom. The standard InChI is InChI=1S/C21H22N2O3/c1-15-20(26-19-13-7-6-12-18(19)25-15)21(24)22-14-8-10-16-9-4-5-11-17(16)23(2)3/h4-7,9,11-13,15,20H,14H2,1-3H3,(H,22,24). The molecule has 0 saturated carbocycles. The Bertz CT molecular complexity index is 852. The van der Waals surface area contributed by atoms with Gasteiger partial charge in [0.15, 0.2) is 11.5 Å². The Morgan fingerprint density at radius 2 is 1.73 bits per heavy atom. The lowest BCUT2D eigenvalue weighted by molar-refractivity contribution is -0.133. The number of fused-ring (bicyclic) bond motifs is 1. The molecule has 26 heavy (non-hydrogen) atoms. The van der Waals surface area contributed by atoms with Crippen molar-refractivity contribution in [3.05, 3.63) is 54.1 Å². The number of rotatable bonds is 3. The fourth-order valence-electron chi connectivity index (χ4n) is 2.75. The van der Waals surface area contributed by atoms with Gasteiger partial charge in [-0.15, -0.1) is 0 Å². The Labute approximate surface area is 153 Å². The molecular weight excluding hydrogens is 328 g/mol. The highest BCUT2D eigenvalue weighted by atomic mass is 16.6. The molecule has 2 aromatic carbocycles. The number of ether oxygens (including phenoxy) is 2. The second-order valence-electron chi connectivity index (χ2n) is 6.24. The van der Waals surface area contributed by atoms with E-state index in [1.807, 2.05) is 68.4 Å². The number of nitrogens with zero attached hydrogens (tertiary/aromatic N) is 1. The summed E-state index contributed by atoms with van der Waals surface area (Å²) >= 11 is 0. The number of para-hydroxylation sites is 3. The fourth-order valence-corrected chi connectivity index (χ4v) is 2.75. The van der Waals surface area contributed by atoms with Gasteiger partial charge < -0.3 is 19.7 Å². The van der Waals surface area contributed by atoms with Crippen molar-refractivity contribution in [1.82, 2.24) is 5.32 Å². The van der Waals surface area contributed by atoms with Crippen LogP contribution in [0.25, 0.3) is 0 Å². The van der Waals surface area contributed by atoms with Crippen molar-refractivity contribution >= 4 is 11.6 Å². The lowest BCUT2D eigenvalue weighted by Gasteiger charge is -2.30. The predicted octanol–water partition coefficient (Wildman–Crippen LogP) is 2.45. The highest BCUT2D eigenvalue weighted by Crippen LogP contribution is 2.33. The van der Waals surface area contributed by atoms with Crippen LogP contribution in [0.2, 0.25) is 0 Å². The van der Waals surface area contributed by atoms with Gasteiger partial charge in [0.2, 0.25) is 6.10 Å². The number of anilines is 1. The van der Waals surface area contributed by atoms with Crippen LogP contribution >= 0.6 is 0 Å². The lowest BCUT2D eigenvalue weighted by Crippen LogP contribution is -2.49. The molecule has 0 aromatic heterocycles. The topological polar surface area (TPSA) is 50.8 Å². The van der Waals surface area contributed by atoms with Gasteiger partial charge in [0, 0.05) is 19.7 Å². The molecule has 1 aliphatic rings. The molecule has 3 rings (SSSR count). The van der Waals surface area contributed by atoms with Gasteiger partial charge in [-0.05, 0) is 31.2 Å². The molecule has 1 N–H and O–H groups in total. The summed E-state index contributed by atoms with van der Waals surface area (Å²) in [6.45, 7) is 2.06. The molecule has 0 spiro atoms. The van der Waals surface area contributed by atoms with E-state index >= 15 is 0 Å². The average molecular weight is 350 g/mol. The van der Waals surface area contributed by atoms with Crippen molar-refractivity contribution < 1.29 is 14.3 Å². The summed E-state index contributed by atoms with van der Waals surface area (Å²) in [5.74, 6) is 7.10. The molecule has 1 heterocycles. The van der Waals surface area contributed by atoms with E-state index < -0.39 is 6.10 Å². The van der Waals surface area contributed by atoms with Crippen LogP contribution in [0.15, 0.2) is 48.5 Å². The normalized spacial score (nSPS) is 17.7. The van der Waals surface area contributed by atoms with Gasteiger partial charge in [0.25, 0.3) is 5.91 Å². The molecular formula is C21H22N2O3. The fraction of sp³-hybridized carbons (Fsp3) is 0.286. The van der Waals surface area contributed by atoms with E-state index in [0.717, 1.165) is 11.3 Å². The minimum Gasteiger partial charge on any atom is -0.482 e. The minimum atomic E-state index is -0.694. The van der Waals surface area contributed by atoms with E-state index in [2.05, 4.69) is 17.2 Å². The second kappa shape index (κ2) is 7.83. The third kappa shape index (κ3) is 3.92. The largest absolute Gasteiger partial charge is 0.482 e. The van der Waals surface area contributed by atoms with Crippen LogP contribution in [0.3, 0.4) is 0 Å². The molecule has 5 nitrogen and oxygen atoms in total. The molecule has 0 saturated heterocycles. The maximum absolute atomic E-state index is 12.4. The van der Waals surface area contributed by atoms with Crippen molar-refractivity contribution in [1.29, 1.82) is 0 Å². The first kappa shape index (κ1) is 17.7. The molecule has 0 aliphatic carbocycles. The third-order valence-electron chi connectivity index (χ3n) is 4.06. The summed E-state index contributed by atoms with van der Waals surface area (Å²) in [4.78, 5) is 14.4. The molecule has 1 amide bonds. The first-order valence-electron chi connectivity index (χ1n) is 8.51. The second-order valence-corrected chi connectivity index (χ2v) is 6.24. The lowest BCUT2D eigenvalue weighted by atomic mass is 10.1. The zero-order valence-electron chi connectivity index (χ0n) is 15.2. The van der Waals surface area contributed by atoms with Crippen molar-refractivity contribution in [2.75, 3.05) is 25.5 Å². The maximum atomic E-state index is 12.4. The highest BCUT2D eigenvalue weighted by Gasteiger charge is 2.33. The summed E-state index contributed by atoms with van der Waals surface area (Å²) in [6, 6.07) is 15.2. The van der Waals surface area contributed by atoms with Crippen LogP contribution < -0.4 is 19.7 Å². The monoisotopic (exact) mass is 350 g/mol. The maximum Gasteiger partial charge on any atom is 0.265 e. The van der Waals surface area contributed by atoms with E-state index in [-0.39, 0.29) is 18.6 Å². The van der Waals surface area contributed by atoms with Crippen LogP contribution in [0.4, 0.5) is 5.69 Å². The number of hydrogen-bond donors (Lipinski definition) is 1. The number of benzene rings is 2. The molecule has 2 unspecified atom stereocenters. The minimum absolute atomic E-state index is 0.234. The molecule has 134 valence electrons. The molecule has 1 aliphatic heterocycles. The van der Waals surface area contributed by atoms with E-state index in [4.69, 9.17) is 9.47 Å². The van der Waals surface area contributed by atoms with Crippen LogP contribution in [0.5, 0.6) is 11.5 Å². The molecule has 0 radical (unpaired) electrons. The first-order chi connectivity index (χ1) is 12.6. The van der Waals surface area contributed by atoms with Gasteiger partial charge in [0.1, 0.15) is 6.10 Å². The first-order valence-corrected chi connectivity index (χ1v) is 8.51. The van der Waals surface area contributed by atoms with Gasteiger partial charge >= 0.3 is 0 Å². The molecule has 2 aromatic rings. The molecule has 0 fully saturated rings.